The zero-order valence-corrected chi connectivity index (χ0v) is 12.8. The molecule has 1 heterocycles. The van der Waals surface area contributed by atoms with Crippen LogP contribution in [0.15, 0.2) is 24.3 Å². The van der Waals surface area contributed by atoms with Gasteiger partial charge in [0.05, 0.1) is 11.2 Å². The van der Waals surface area contributed by atoms with E-state index in [1.54, 1.807) is 0 Å². The molecule has 0 aliphatic heterocycles. The summed E-state index contributed by atoms with van der Waals surface area (Å²) in [6.45, 7) is 8.48. The standard InChI is InChI=1S/C16H24FN3/c1-5-20-14-9-7-6-8-12(14)13(19-20)10-16(17,11-18)15(2,3)4/h6-9H,5,10-11,18H2,1-4H3. The molecule has 0 saturated carbocycles. The van der Waals surface area contributed by atoms with E-state index in [9.17, 15) is 0 Å². The fourth-order valence-corrected chi connectivity index (χ4v) is 2.48. The number of halogens is 1. The fraction of sp³-hybridized carbons (Fsp3) is 0.562. The lowest BCUT2D eigenvalue weighted by Gasteiger charge is -2.36. The van der Waals surface area contributed by atoms with Gasteiger partial charge in [0, 0.05) is 24.9 Å². The lowest BCUT2D eigenvalue weighted by Crippen LogP contribution is -2.47. The number of benzene rings is 1. The van der Waals surface area contributed by atoms with E-state index in [0.717, 1.165) is 23.1 Å². The van der Waals surface area contributed by atoms with Crippen molar-refractivity contribution in [3.8, 4) is 0 Å². The molecule has 0 aliphatic carbocycles. The van der Waals surface area contributed by atoms with Crippen molar-refractivity contribution in [2.75, 3.05) is 6.54 Å². The molecular formula is C16H24FN3. The molecule has 2 N–H and O–H groups in total. The minimum absolute atomic E-state index is 0.00378. The van der Waals surface area contributed by atoms with E-state index in [0.29, 0.717) is 0 Å². The number of fused-ring (bicyclic) bond motifs is 1. The Hall–Kier alpha value is -1.42. The zero-order chi connectivity index (χ0) is 15.0. The molecule has 0 bridgehead atoms. The van der Waals surface area contributed by atoms with Crippen LogP contribution in [0.25, 0.3) is 10.9 Å². The van der Waals surface area contributed by atoms with Crippen LogP contribution in [0.5, 0.6) is 0 Å². The number of hydrogen-bond donors (Lipinski definition) is 1. The highest BCUT2D eigenvalue weighted by Crippen LogP contribution is 2.37. The van der Waals surface area contributed by atoms with Crippen LogP contribution in [0.3, 0.4) is 0 Å². The Labute approximate surface area is 120 Å². The molecule has 3 nitrogen and oxygen atoms in total. The maximum absolute atomic E-state index is 15.2. The van der Waals surface area contributed by atoms with Crippen LogP contribution in [0, 0.1) is 5.41 Å². The van der Waals surface area contributed by atoms with Crippen molar-refractivity contribution in [3.05, 3.63) is 30.0 Å². The van der Waals surface area contributed by atoms with E-state index >= 15 is 4.39 Å². The molecule has 20 heavy (non-hydrogen) atoms. The fourth-order valence-electron chi connectivity index (χ4n) is 2.48. The molecule has 0 spiro atoms. The van der Waals surface area contributed by atoms with Gasteiger partial charge in [0.2, 0.25) is 0 Å². The molecule has 2 aromatic rings. The van der Waals surface area contributed by atoms with Gasteiger partial charge in [0.1, 0.15) is 5.67 Å². The molecule has 4 heteroatoms. The van der Waals surface area contributed by atoms with E-state index in [1.807, 2.05) is 56.6 Å². The zero-order valence-electron chi connectivity index (χ0n) is 12.8. The Bertz CT molecular complexity index is 597. The summed E-state index contributed by atoms with van der Waals surface area (Å²) in [5.41, 5.74) is 5.59. The summed E-state index contributed by atoms with van der Waals surface area (Å²) in [5.74, 6) is 0. The van der Waals surface area contributed by atoms with Crippen LogP contribution in [0.2, 0.25) is 0 Å². The van der Waals surface area contributed by atoms with Gasteiger partial charge in [-0.3, -0.25) is 4.68 Å². The second kappa shape index (κ2) is 5.17. The lowest BCUT2D eigenvalue weighted by molar-refractivity contribution is 0.0374. The van der Waals surface area contributed by atoms with Gasteiger partial charge in [-0.1, -0.05) is 39.0 Å². The number of nitrogens with two attached hydrogens (primary N) is 1. The molecule has 1 atom stereocenters. The highest BCUT2D eigenvalue weighted by Gasteiger charge is 2.42. The Balaban J connectivity index is 2.49. The normalized spacial score (nSPS) is 15.5. The van der Waals surface area contributed by atoms with Crippen LogP contribution in [0.4, 0.5) is 4.39 Å². The summed E-state index contributed by atoms with van der Waals surface area (Å²) in [6, 6.07) is 7.97. The first-order chi connectivity index (χ1) is 9.32. The Morgan fingerprint density at radius 3 is 2.45 bits per heavy atom. The third-order valence-electron chi connectivity index (χ3n) is 4.15. The minimum atomic E-state index is -1.46. The predicted molar refractivity (Wildman–Crippen MR) is 81.5 cm³/mol. The van der Waals surface area contributed by atoms with Gasteiger partial charge in [-0.15, -0.1) is 0 Å². The number of aromatic nitrogens is 2. The largest absolute Gasteiger partial charge is 0.327 e. The summed E-state index contributed by atoms with van der Waals surface area (Å²) in [4.78, 5) is 0. The molecule has 0 aliphatic rings. The maximum Gasteiger partial charge on any atom is 0.133 e. The van der Waals surface area contributed by atoms with Gasteiger partial charge in [0.15, 0.2) is 0 Å². The number of rotatable bonds is 4. The number of aryl methyl sites for hydroxylation is 1. The summed E-state index contributed by atoms with van der Waals surface area (Å²) in [5, 5.41) is 5.60. The van der Waals surface area contributed by atoms with Crippen molar-refractivity contribution >= 4 is 10.9 Å². The number of alkyl halides is 1. The van der Waals surface area contributed by atoms with E-state index < -0.39 is 11.1 Å². The molecule has 0 radical (unpaired) electrons. The Kier molecular flexibility index (Phi) is 3.87. The topological polar surface area (TPSA) is 43.8 Å². The van der Waals surface area contributed by atoms with Crippen molar-refractivity contribution in [1.82, 2.24) is 9.78 Å². The smallest absolute Gasteiger partial charge is 0.133 e. The Morgan fingerprint density at radius 1 is 1.25 bits per heavy atom. The summed E-state index contributed by atoms with van der Waals surface area (Å²) >= 11 is 0. The monoisotopic (exact) mass is 277 g/mol. The predicted octanol–water partition coefficient (Wildman–Crippen LogP) is 3.31. The first-order valence-corrected chi connectivity index (χ1v) is 7.16. The van der Waals surface area contributed by atoms with Crippen LogP contribution in [0.1, 0.15) is 33.4 Å². The van der Waals surface area contributed by atoms with E-state index in [-0.39, 0.29) is 13.0 Å². The maximum atomic E-state index is 15.2. The first-order valence-electron chi connectivity index (χ1n) is 7.16. The van der Waals surface area contributed by atoms with Gasteiger partial charge in [-0.25, -0.2) is 4.39 Å². The molecular weight excluding hydrogens is 253 g/mol. The van der Waals surface area contributed by atoms with Gasteiger partial charge in [-0.05, 0) is 18.4 Å². The summed E-state index contributed by atoms with van der Waals surface area (Å²) in [7, 11) is 0. The molecule has 1 unspecified atom stereocenters. The SMILES string of the molecule is CCn1nc(CC(F)(CN)C(C)(C)C)c2ccccc21. The highest BCUT2D eigenvalue weighted by atomic mass is 19.1. The molecule has 0 fully saturated rings. The van der Waals surface area contributed by atoms with Gasteiger partial charge >= 0.3 is 0 Å². The number of nitrogens with zero attached hydrogens (tertiary/aromatic N) is 2. The molecule has 110 valence electrons. The average molecular weight is 277 g/mol. The van der Waals surface area contributed by atoms with E-state index in [4.69, 9.17) is 5.73 Å². The van der Waals surface area contributed by atoms with E-state index in [2.05, 4.69) is 5.10 Å². The van der Waals surface area contributed by atoms with Crippen LogP contribution < -0.4 is 5.73 Å². The Morgan fingerprint density at radius 2 is 1.90 bits per heavy atom. The number of para-hydroxylation sites is 1. The second-order valence-electron chi connectivity index (χ2n) is 6.38. The lowest BCUT2D eigenvalue weighted by atomic mass is 9.75. The molecule has 2 rings (SSSR count). The minimum Gasteiger partial charge on any atom is -0.327 e. The quantitative estimate of drug-likeness (QED) is 0.931. The summed E-state index contributed by atoms with van der Waals surface area (Å²) < 4.78 is 17.1. The molecule has 1 aromatic carbocycles. The van der Waals surface area contributed by atoms with Crippen LogP contribution in [-0.4, -0.2) is 22.0 Å². The average Bonchev–Trinajstić information content (AvgIpc) is 2.75. The third kappa shape index (κ3) is 2.44. The molecule has 0 amide bonds. The van der Waals surface area contributed by atoms with Crippen LogP contribution in [-0.2, 0) is 13.0 Å². The van der Waals surface area contributed by atoms with Crippen molar-refractivity contribution in [2.45, 2.75) is 46.3 Å². The van der Waals surface area contributed by atoms with Crippen molar-refractivity contribution in [2.24, 2.45) is 11.1 Å². The highest BCUT2D eigenvalue weighted by molar-refractivity contribution is 5.82. The summed E-state index contributed by atoms with van der Waals surface area (Å²) in [6.07, 6.45) is 0.251. The van der Waals surface area contributed by atoms with Crippen molar-refractivity contribution in [3.63, 3.8) is 0 Å². The number of hydrogen-bond acceptors (Lipinski definition) is 2. The van der Waals surface area contributed by atoms with Crippen molar-refractivity contribution in [1.29, 1.82) is 0 Å². The van der Waals surface area contributed by atoms with Crippen molar-refractivity contribution < 1.29 is 4.39 Å². The van der Waals surface area contributed by atoms with Gasteiger partial charge in [-0.2, -0.15) is 5.10 Å². The van der Waals surface area contributed by atoms with Gasteiger partial charge in [0.25, 0.3) is 0 Å². The van der Waals surface area contributed by atoms with Crippen LogP contribution >= 0.6 is 0 Å². The second-order valence-corrected chi connectivity index (χ2v) is 6.38. The van der Waals surface area contributed by atoms with Gasteiger partial charge < -0.3 is 5.73 Å². The molecule has 1 aromatic heterocycles. The first kappa shape index (κ1) is 15.0. The third-order valence-corrected chi connectivity index (χ3v) is 4.15. The molecule has 0 saturated heterocycles. The van der Waals surface area contributed by atoms with E-state index in [1.165, 1.54) is 0 Å².